The van der Waals surface area contributed by atoms with Crippen LogP contribution < -0.4 is 0 Å². The van der Waals surface area contributed by atoms with Gasteiger partial charge in [0, 0.05) is 25.1 Å². The van der Waals surface area contributed by atoms with Crippen LogP contribution in [0.3, 0.4) is 0 Å². The molecular formula is C10H14N4O2S. The molecule has 0 saturated carbocycles. The van der Waals surface area contributed by atoms with Crippen molar-refractivity contribution in [2.45, 2.75) is 24.8 Å². The van der Waals surface area contributed by atoms with E-state index in [1.54, 1.807) is 24.9 Å². The molecular weight excluding hydrogens is 240 g/mol. The van der Waals surface area contributed by atoms with Crippen LogP contribution in [0.4, 0.5) is 0 Å². The highest BCUT2D eigenvalue weighted by atomic mass is 32.2. The van der Waals surface area contributed by atoms with Crippen LogP contribution >= 0.6 is 0 Å². The van der Waals surface area contributed by atoms with Gasteiger partial charge >= 0.3 is 0 Å². The van der Waals surface area contributed by atoms with Crippen LogP contribution in [0.5, 0.6) is 0 Å². The number of nitrogens with zero attached hydrogens (tertiary/aromatic N) is 3. The number of imidazole rings is 1. The standard InChI is InChI=1S/C10H14N4O2S/c1-7-5-14(3)13-9(7)6-17(15,16)10-11-4-8(2)12-10/h4-5H,6H2,1-3H3,(H,11,12). The normalized spacial score (nSPS) is 11.9. The molecule has 2 aromatic heterocycles. The number of aromatic amines is 1. The Morgan fingerprint density at radius 1 is 1.41 bits per heavy atom. The number of sulfone groups is 1. The minimum Gasteiger partial charge on any atom is -0.333 e. The summed E-state index contributed by atoms with van der Waals surface area (Å²) >= 11 is 0. The molecule has 0 bridgehead atoms. The molecule has 0 unspecified atom stereocenters. The molecule has 1 N–H and O–H groups in total. The van der Waals surface area contributed by atoms with Gasteiger partial charge in [-0.15, -0.1) is 0 Å². The van der Waals surface area contributed by atoms with E-state index in [1.807, 2.05) is 6.92 Å². The molecule has 17 heavy (non-hydrogen) atoms. The van der Waals surface area contributed by atoms with E-state index in [1.165, 1.54) is 6.20 Å². The fourth-order valence-corrected chi connectivity index (χ4v) is 2.90. The summed E-state index contributed by atoms with van der Waals surface area (Å²) in [6, 6.07) is 0. The maximum atomic E-state index is 12.0. The van der Waals surface area contributed by atoms with Crippen LogP contribution in [-0.2, 0) is 22.6 Å². The molecule has 0 fully saturated rings. The zero-order chi connectivity index (χ0) is 12.6. The van der Waals surface area contributed by atoms with Gasteiger partial charge < -0.3 is 4.98 Å². The van der Waals surface area contributed by atoms with Crippen molar-refractivity contribution in [3.8, 4) is 0 Å². The van der Waals surface area contributed by atoms with Gasteiger partial charge in [-0.25, -0.2) is 13.4 Å². The van der Waals surface area contributed by atoms with Crippen LogP contribution in [0, 0.1) is 13.8 Å². The van der Waals surface area contributed by atoms with Crippen molar-refractivity contribution < 1.29 is 8.42 Å². The van der Waals surface area contributed by atoms with Gasteiger partial charge in [0.05, 0.1) is 5.69 Å². The number of aromatic nitrogens is 4. The van der Waals surface area contributed by atoms with Crippen molar-refractivity contribution in [1.29, 1.82) is 0 Å². The van der Waals surface area contributed by atoms with Gasteiger partial charge in [-0.2, -0.15) is 5.10 Å². The number of hydrogen-bond donors (Lipinski definition) is 1. The third kappa shape index (κ3) is 2.38. The molecule has 0 aliphatic rings. The van der Waals surface area contributed by atoms with Crippen LogP contribution in [0.2, 0.25) is 0 Å². The maximum absolute atomic E-state index is 12.0. The van der Waals surface area contributed by atoms with Gasteiger partial charge in [0.1, 0.15) is 5.75 Å². The topological polar surface area (TPSA) is 80.6 Å². The minimum absolute atomic E-state index is 0.0000491. The number of rotatable bonds is 3. The van der Waals surface area contributed by atoms with E-state index in [-0.39, 0.29) is 10.9 Å². The number of nitrogens with one attached hydrogen (secondary N) is 1. The number of hydrogen-bond acceptors (Lipinski definition) is 4. The van der Waals surface area contributed by atoms with Gasteiger partial charge in [-0.1, -0.05) is 0 Å². The van der Waals surface area contributed by atoms with Crippen molar-refractivity contribution >= 4 is 9.84 Å². The highest BCUT2D eigenvalue weighted by Gasteiger charge is 2.21. The lowest BCUT2D eigenvalue weighted by molar-refractivity contribution is 0.586. The second-order valence-corrected chi connectivity index (χ2v) is 5.97. The Labute approximate surface area is 99.6 Å². The predicted octanol–water partition coefficient (Wildman–Crippen LogP) is 0.734. The van der Waals surface area contributed by atoms with Crippen LogP contribution in [-0.4, -0.2) is 28.2 Å². The Morgan fingerprint density at radius 2 is 2.12 bits per heavy atom. The van der Waals surface area contributed by atoms with E-state index < -0.39 is 9.84 Å². The van der Waals surface area contributed by atoms with E-state index in [2.05, 4.69) is 15.1 Å². The first-order valence-electron chi connectivity index (χ1n) is 5.12. The molecule has 2 rings (SSSR count). The van der Waals surface area contributed by atoms with Crippen molar-refractivity contribution in [1.82, 2.24) is 19.7 Å². The van der Waals surface area contributed by atoms with Crippen LogP contribution in [0.25, 0.3) is 0 Å². The molecule has 0 atom stereocenters. The first-order valence-corrected chi connectivity index (χ1v) is 6.77. The summed E-state index contributed by atoms with van der Waals surface area (Å²) in [5.41, 5.74) is 2.14. The van der Waals surface area contributed by atoms with Gasteiger partial charge in [-0.3, -0.25) is 4.68 Å². The summed E-state index contributed by atoms with van der Waals surface area (Å²) < 4.78 is 25.7. The summed E-state index contributed by atoms with van der Waals surface area (Å²) in [4.78, 5) is 6.57. The largest absolute Gasteiger partial charge is 0.333 e. The van der Waals surface area contributed by atoms with Crippen molar-refractivity contribution in [2.24, 2.45) is 7.05 Å². The molecule has 0 aliphatic heterocycles. The molecule has 92 valence electrons. The quantitative estimate of drug-likeness (QED) is 0.875. The van der Waals surface area contributed by atoms with E-state index in [4.69, 9.17) is 0 Å². The minimum atomic E-state index is -3.44. The molecule has 0 radical (unpaired) electrons. The molecule has 6 nitrogen and oxygen atoms in total. The highest BCUT2D eigenvalue weighted by molar-refractivity contribution is 7.90. The lowest BCUT2D eigenvalue weighted by Gasteiger charge is -1.99. The molecule has 2 heterocycles. The third-order valence-corrected chi connectivity index (χ3v) is 3.87. The molecule has 0 aliphatic carbocycles. The van der Waals surface area contributed by atoms with E-state index in [9.17, 15) is 8.42 Å². The summed E-state index contributed by atoms with van der Waals surface area (Å²) in [6.45, 7) is 3.60. The van der Waals surface area contributed by atoms with E-state index in [0.717, 1.165) is 11.3 Å². The first-order chi connectivity index (χ1) is 7.88. The smallest absolute Gasteiger partial charge is 0.225 e. The average molecular weight is 254 g/mol. The van der Waals surface area contributed by atoms with Crippen molar-refractivity contribution in [3.05, 3.63) is 29.3 Å². The SMILES string of the molecule is Cc1cnc(S(=O)(=O)Cc2nn(C)cc2C)[nH]1. The second-order valence-electron chi connectivity index (χ2n) is 4.06. The Kier molecular flexibility index (Phi) is 2.78. The average Bonchev–Trinajstić information content (AvgIpc) is 2.74. The van der Waals surface area contributed by atoms with Crippen molar-refractivity contribution in [3.63, 3.8) is 0 Å². The van der Waals surface area contributed by atoms with Gasteiger partial charge in [0.15, 0.2) is 0 Å². The number of aryl methyl sites for hydroxylation is 3. The molecule has 0 spiro atoms. The fourth-order valence-electron chi connectivity index (χ4n) is 1.59. The van der Waals surface area contributed by atoms with Crippen LogP contribution in [0.1, 0.15) is 17.0 Å². The number of H-pyrrole nitrogens is 1. The first kappa shape index (κ1) is 11.8. The van der Waals surface area contributed by atoms with E-state index >= 15 is 0 Å². The van der Waals surface area contributed by atoms with Gasteiger partial charge in [0.25, 0.3) is 0 Å². The summed E-state index contributed by atoms with van der Waals surface area (Å²) in [6.07, 6.45) is 3.29. The highest BCUT2D eigenvalue weighted by Crippen LogP contribution is 2.14. The summed E-state index contributed by atoms with van der Waals surface area (Å²) in [5, 5.41) is 4.12. The summed E-state index contributed by atoms with van der Waals surface area (Å²) in [5.74, 6) is -0.132. The summed E-state index contributed by atoms with van der Waals surface area (Å²) in [7, 11) is -1.68. The molecule has 2 aromatic rings. The molecule has 0 saturated heterocycles. The lowest BCUT2D eigenvalue weighted by Crippen LogP contribution is -2.08. The molecule has 0 amide bonds. The van der Waals surface area contributed by atoms with Crippen LogP contribution in [0.15, 0.2) is 17.6 Å². The Morgan fingerprint density at radius 3 is 2.59 bits per heavy atom. The zero-order valence-corrected chi connectivity index (χ0v) is 10.7. The Balaban J connectivity index is 2.32. The maximum Gasteiger partial charge on any atom is 0.225 e. The second kappa shape index (κ2) is 3.99. The third-order valence-electron chi connectivity index (χ3n) is 2.42. The molecule has 7 heteroatoms. The fraction of sp³-hybridized carbons (Fsp3) is 0.400. The predicted molar refractivity (Wildman–Crippen MR) is 62.2 cm³/mol. The van der Waals surface area contributed by atoms with Gasteiger partial charge in [0.2, 0.25) is 15.0 Å². The Hall–Kier alpha value is -1.63. The monoisotopic (exact) mass is 254 g/mol. The Bertz CT molecular complexity index is 639. The van der Waals surface area contributed by atoms with E-state index in [0.29, 0.717) is 5.69 Å². The lowest BCUT2D eigenvalue weighted by atomic mass is 10.3. The zero-order valence-electron chi connectivity index (χ0n) is 9.93. The van der Waals surface area contributed by atoms with Crippen molar-refractivity contribution in [2.75, 3.05) is 0 Å². The molecule has 0 aromatic carbocycles. The van der Waals surface area contributed by atoms with Gasteiger partial charge in [-0.05, 0) is 19.4 Å².